The predicted octanol–water partition coefficient (Wildman–Crippen LogP) is 5.31. The topological polar surface area (TPSA) is 22.1 Å². The molecule has 1 aromatic carbocycles. The number of unbranched alkanes of at least 4 members (excludes halogenated alkanes) is 1. The van der Waals surface area contributed by atoms with Crippen molar-refractivity contribution in [1.82, 2.24) is 4.98 Å². The predicted molar refractivity (Wildman–Crippen MR) is 83.6 cm³/mol. The maximum atomic E-state index is 6.07. The van der Waals surface area contributed by atoms with Crippen LogP contribution in [0.15, 0.2) is 36.5 Å². The van der Waals surface area contributed by atoms with Crippen LogP contribution in [0.5, 0.6) is 5.75 Å². The summed E-state index contributed by atoms with van der Waals surface area (Å²) in [7, 11) is 0. The molecule has 0 bridgehead atoms. The lowest BCUT2D eigenvalue weighted by atomic mass is 10.1. The number of aryl methyl sites for hydroxylation is 1. The molecule has 2 rings (SSSR count). The fourth-order valence-electron chi connectivity index (χ4n) is 1.84. The van der Waals surface area contributed by atoms with Gasteiger partial charge in [0, 0.05) is 11.8 Å². The summed E-state index contributed by atoms with van der Waals surface area (Å²) in [6, 6.07) is 9.81. The Morgan fingerprint density at radius 3 is 2.55 bits per heavy atom. The highest BCUT2D eigenvalue weighted by Crippen LogP contribution is 2.21. The van der Waals surface area contributed by atoms with Crippen LogP contribution in [0.25, 0.3) is 0 Å². The van der Waals surface area contributed by atoms with E-state index in [1.165, 1.54) is 18.4 Å². The molecular weight excluding hydrogens is 293 g/mol. The lowest BCUT2D eigenvalue weighted by Crippen LogP contribution is -1.97. The lowest BCUT2D eigenvalue weighted by Gasteiger charge is -2.08. The summed E-state index contributed by atoms with van der Waals surface area (Å²) in [5.41, 5.74) is 2.16. The van der Waals surface area contributed by atoms with Gasteiger partial charge in [-0.05, 0) is 36.6 Å². The van der Waals surface area contributed by atoms with E-state index in [1.807, 2.05) is 12.1 Å². The molecule has 0 saturated heterocycles. The zero-order valence-corrected chi connectivity index (χ0v) is 12.9. The zero-order chi connectivity index (χ0) is 14.4. The molecule has 106 valence electrons. The van der Waals surface area contributed by atoms with Crippen molar-refractivity contribution in [2.24, 2.45) is 0 Å². The number of pyridine rings is 1. The minimum absolute atomic E-state index is 0.386. The highest BCUT2D eigenvalue weighted by molar-refractivity contribution is 6.34. The summed E-state index contributed by atoms with van der Waals surface area (Å²) >= 11 is 11.8. The third-order valence-electron chi connectivity index (χ3n) is 3.03. The van der Waals surface area contributed by atoms with Crippen LogP contribution in [0.4, 0.5) is 0 Å². The van der Waals surface area contributed by atoms with E-state index in [0.29, 0.717) is 16.8 Å². The second kappa shape index (κ2) is 7.51. The van der Waals surface area contributed by atoms with Crippen molar-refractivity contribution in [3.05, 3.63) is 57.8 Å². The largest absolute Gasteiger partial charge is 0.489 e. The number of aromatic nitrogens is 1. The second-order valence-electron chi connectivity index (χ2n) is 4.63. The first kappa shape index (κ1) is 15.1. The number of benzene rings is 1. The summed E-state index contributed by atoms with van der Waals surface area (Å²) < 4.78 is 5.70. The van der Waals surface area contributed by atoms with Crippen LogP contribution in [0.2, 0.25) is 10.2 Å². The van der Waals surface area contributed by atoms with E-state index in [9.17, 15) is 0 Å². The summed E-state index contributed by atoms with van der Waals surface area (Å²) in [6.07, 6.45) is 5.18. The average Bonchev–Trinajstić information content (AvgIpc) is 2.45. The molecule has 1 heterocycles. The van der Waals surface area contributed by atoms with Gasteiger partial charge in [0.2, 0.25) is 0 Å². The number of halogens is 2. The van der Waals surface area contributed by atoms with Gasteiger partial charge in [-0.2, -0.15) is 0 Å². The van der Waals surface area contributed by atoms with Gasteiger partial charge in [0.1, 0.15) is 17.5 Å². The fourth-order valence-corrected chi connectivity index (χ4v) is 2.26. The van der Waals surface area contributed by atoms with Crippen LogP contribution in [-0.2, 0) is 13.0 Å². The number of hydrogen-bond acceptors (Lipinski definition) is 2. The Morgan fingerprint density at radius 1 is 1.15 bits per heavy atom. The lowest BCUT2D eigenvalue weighted by molar-refractivity contribution is 0.306. The van der Waals surface area contributed by atoms with Crippen molar-refractivity contribution in [1.29, 1.82) is 0 Å². The molecule has 0 spiro atoms. The van der Waals surface area contributed by atoms with Gasteiger partial charge in [-0.1, -0.05) is 48.7 Å². The van der Waals surface area contributed by atoms with Crippen molar-refractivity contribution < 1.29 is 4.74 Å². The molecule has 0 atom stereocenters. The van der Waals surface area contributed by atoms with Crippen molar-refractivity contribution >= 4 is 23.2 Å². The Balaban J connectivity index is 1.93. The molecule has 0 fully saturated rings. The molecule has 4 heteroatoms. The molecule has 0 amide bonds. The van der Waals surface area contributed by atoms with Gasteiger partial charge in [0.05, 0.1) is 5.02 Å². The Bertz CT molecular complexity index is 555. The molecule has 0 N–H and O–H groups in total. The van der Waals surface area contributed by atoms with Crippen molar-refractivity contribution in [3.63, 3.8) is 0 Å². The van der Waals surface area contributed by atoms with E-state index in [2.05, 4.69) is 24.0 Å². The standard InChI is InChI=1S/C16H17Cl2NO/c1-2-3-4-12-5-7-14(8-6-12)20-11-13-10-19-16(18)9-15(13)17/h5-10H,2-4,11H2,1H3. The molecule has 1 aromatic heterocycles. The minimum Gasteiger partial charge on any atom is -0.489 e. The van der Waals surface area contributed by atoms with Crippen molar-refractivity contribution in [2.75, 3.05) is 0 Å². The average molecular weight is 310 g/mol. The van der Waals surface area contributed by atoms with E-state index in [4.69, 9.17) is 27.9 Å². The van der Waals surface area contributed by atoms with Gasteiger partial charge < -0.3 is 4.74 Å². The summed E-state index contributed by atoms with van der Waals surface area (Å²) in [6.45, 7) is 2.58. The van der Waals surface area contributed by atoms with Gasteiger partial charge in [0.25, 0.3) is 0 Å². The quantitative estimate of drug-likeness (QED) is 0.675. The highest BCUT2D eigenvalue weighted by atomic mass is 35.5. The van der Waals surface area contributed by atoms with Gasteiger partial charge in [0.15, 0.2) is 0 Å². The van der Waals surface area contributed by atoms with Gasteiger partial charge in [-0.15, -0.1) is 0 Å². The first-order chi connectivity index (χ1) is 9.69. The second-order valence-corrected chi connectivity index (χ2v) is 5.43. The number of rotatable bonds is 6. The minimum atomic E-state index is 0.386. The molecule has 0 saturated carbocycles. The summed E-state index contributed by atoms with van der Waals surface area (Å²) in [5.74, 6) is 0.830. The number of ether oxygens (including phenoxy) is 1. The van der Waals surface area contributed by atoms with Crippen LogP contribution in [0.3, 0.4) is 0 Å². The monoisotopic (exact) mass is 309 g/mol. The molecular formula is C16H17Cl2NO. The van der Waals surface area contributed by atoms with Crippen LogP contribution >= 0.6 is 23.2 Å². The Hall–Kier alpha value is -1.25. The van der Waals surface area contributed by atoms with Crippen molar-refractivity contribution in [2.45, 2.75) is 32.8 Å². The third-order valence-corrected chi connectivity index (χ3v) is 3.59. The summed E-state index contributed by atoms with van der Waals surface area (Å²) in [4.78, 5) is 4.00. The molecule has 0 radical (unpaired) electrons. The van der Waals surface area contributed by atoms with Crippen LogP contribution in [0, 0.1) is 0 Å². The molecule has 0 unspecified atom stereocenters. The van der Waals surface area contributed by atoms with Gasteiger partial charge >= 0.3 is 0 Å². The van der Waals surface area contributed by atoms with Gasteiger partial charge in [-0.25, -0.2) is 4.98 Å². The molecule has 2 aromatic rings. The first-order valence-electron chi connectivity index (χ1n) is 6.70. The first-order valence-corrected chi connectivity index (χ1v) is 7.46. The van der Waals surface area contributed by atoms with E-state index in [0.717, 1.165) is 17.7 Å². The summed E-state index contributed by atoms with van der Waals surface area (Å²) in [5, 5.41) is 0.962. The highest BCUT2D eigenvalue weighted by Gasteiger charge is 2.03. The van der Waals surface area contributed by atoms with Crippen molar-refractivity contribution in [3.8, 4) is 5.75 Å². The fraction of sp³-hybridized carbons (Fsp3) is 0.312. The van der Waals surface area contributed by atoms with E-state index >= 15 is 0 Å². The molecule has 0 aliphatic heterocycles. The molecule has 2 nitrogen and oxygen atoms in total. The number of nitrogens with zero attached hydrogens (tertiary/aromatic N) is 1. The third kappa shape index (κ3) is 4.39. The van der Waals surface area contributed by atoms with Crippen LogP contribution in [0.1, 0.15) is 30.9 Å². The van der Waals surface area contributed by atoms with E-state index < -0.39 is 0 Å². The smallest absolute Gasteiger partial charge is 0.130 e. The Labute approximate surface area is 129 Å². The zero-order valence-electron chi connectivity index (χ0n) is 11.4. The maximum Gasteiger partial charge on any atom is 0.130 e. The molecule has 20 heavy (non-hydrogen) atoms. The van der Waals surface area contributed by atoms with Gasteiger partial charge in [-0.3, -0.25) is 0 Å². The van der Waals surface area contributed by atoms with E-state index in [-0.39, 0.29) is 0 Å². The molecule has 0 aliphatic carbocycles. The Kier molecular flexibility index (Phi) is 5.69. The normalized spacial score (nSPS) is 10.6. The van der Waals surface area contributed by atoms with Crippen LogP contribution in [-0.4, -0.2) is 4.98 Å². The maximum absolute atomic E-state index is 6.07. The van der Waals surface area contributed by atoms with Crippen LogP contribution < -0.4 is 4.74 Å². The SMILES string of the molecule is CCCCc1ccc(OCc2cnc(Cl)cc2Cl)cc1. The molecule has 0 aliphatic rings. The number of hydrogen-bond donors (Lipinski definition) is 0. The Morgan fingerprint density at radius 2 is 1.90 bits per heavy atom. The van der Waals surface area contributed by atoms with E-state index in [1.54, 1.807) is 12.3 Å².